The minimum atomic E-state index is -0.252. The van der Waals surface area contributed by atoms with Crippen LogP contribution in [-0.2, 0) is 11.8 Å². The molecule has 3 aromatic carbocycles. The summed E-state index contributed by atoms with van der Waals surface area (Å²) in [6.45, 7) is 1.82. The molecule has 2 N–H and O–H groups in total. The second-order valence-corrected chi connectivity index (χ2v) is 9.66. The van der Waals surface area contributed by atoms with Crippen LogP contribution in [0.1, 0.15) is 12.1 Å². The van der Waals surface area contributed by atoms with E-state index in [4.69, 9.17) is 4.98 Å². The number of aromatic amines is 1. The van der Waals surface area contributed by atoms with Gasteiger partial charge >= 0.3 is 0 Å². The van der Waals surface area contributed by atoms with Crippen LogP contribution >= 0.6 is 11.8 Å². The average Bonchev–Trinajstić information content (AvgIpc) is 3.45. The van der Waals surface area contributed by atoms with Gasteiger partial charge in [-0.3, -0.25) is 14.3 Å². The number of carbonyl (C=O) groups excluding carboxylic acids is 1. The molecule has 0 unspecified atom stereocenters. The minimum Gasteiger partial charge on any atom is -0.332 e. The summed E-state index contributed by atoms with van der Waals surface area (Å²) < 4.78 is 3.31. The van der Waals surface area contributed by atoms with Crippen LogP contribution in [-0.4, -0.2) is 31.0 Å². The van der Waals surface area contributed by atoms with Crippen LogP contribution in [0.25, 0.3) is 28.2 Å². The zero-order chi connectivity index (χ0) is 25.8. The number of hydrogen-bond donors (Lipinski definition) is 2. The Balaban J connectivity index is 1.29. The first-order valence-corrected chi connectivity index (χ1v) is 13.0. The highest BCUT2D eigenvalue weighted by Crippen LogP contribution is 2.32. The van der Waals surface area contributed by atoms with Gasteiger partial charge in [0.05, 0.1) is 22.8 Å². The molecular weight excluding hydrogens is 482 g/mol. The molecule has 0 atom stereocenters. The lowest BCUT2D eigenvalue weighted by Gasteiger charge is -2.07. The Morgan fingerprint density at radius 2 is 1.51 bits per heavy atom. The lowest BCUT2D eigenvalue weighted by Crippen LogP contribution is -2.23. The van der Waals surface area contributed by atoms with Gasteiger partial charge in [-0.1, -0.05) is 90.6 Å². The first-order chi connectivity index (χ1) is 18.0. The van der Waals surface area contributed by atoms with Crippen LogP contribution in [0.4, 0.5) is 5.69 Å². The van der Waals surface area contributed by atoms with Gasteiger partial charge in [-0.25, -0.2) is 9.67 Å². The van der Waals surface area contributed by atoms with E-state index in [0.717, 1.165) is 33.4 Å². The van der Waals surface area contributed by atoms with E-state index in [1.54, 1.807) is 16.4 Å². The highest BCUT2D eigenvalue weighted by Gasteiger charge is 2.19. The molecule has 0 bridgehead atoms. The van der Waals surface area contributed by atoms with Gasteiger partial charge in [-0.15, -0.1) is 0 Å². The summed E-state index contributed by atoms with van der Waals surface area (Å²) in [6, 6.07) is 29.5. The molecular formula is C29H27N5O2S. The number of thioether (sulfide) groups is 1. The monoisotopic (exact) mass is 509 g/mol. The van der Waals surface area contributed by atoms with Crippen LogP contribution in [0, 0.1) is 6.92 Å². The zero-order valence-electron chi connectivity index (χ0n) is 20.6. The molecule has 0 aliphatic carbocycles. The Kier molecular flexibility index (Phi) is 7.09. The molecule has 0 aliphatic heterocycles. The summed E-state index contributed by atoms with van der Waals surface area (Å²) >= 11 is 1.48. The van der Waals surface area contributed by atoms with E-state index in [-0.39, 0.29) is 17.9 Å². The van der Waals surface area contributed by atoms with Crippen molar-refractivity contribution in [1.82, 2.24) is 19.3 Å². The number of para-hydroxylation sites is 1. The summed E-state index contributed by atoms with van der Waals surface area (Å²) in [5, 5.41) is 3.57. The number of imidazole rings is 1. The van der Waals surface area contributed by atoms with E-state index in [1.807, 2.05) is 97.9 Å². The van der Waals surface area contributed by atoms with Crippen molar-refractivity contribution in [3.05, 3.63) is 107 Å². The summed E-state index contributed by atoms with van der Waals surface area (Å²) in [7, 11) is 1.81. The first-order valence-electron chi connectivity index (χ1n) is 12.0. The lowest BCUT2D eigenvalue weighted by atomic mass is 10.1. The topological polar surface area (TPSA) is 84.7 Å². The average molecular weight is 510 g/mol. The molecule has 2 aromatic heterocycles. The van der Waals surface area contributed by atoms with Crippen LogP contribution in [0.15, 0.2) is 101 Å². The van der Waals surface area contributed by atoms with E-state index in [9.17, 15) is 9.59 Å². The highest BCUT2D eigenvalue weighted by atomic mass is 32.2. The highest BCUT2D eigenvalue weighted by molar-refractivity contribution is 7.99. The van der Waals surface area contributed by atoms with Crippen molar-refractivity contribution >= 4 is 23.4 Å². The standard InChI is InChI=1S/C29H27N5O2S/c1-20-25(28(36)34(33(20)2)23-16-10-5-11-17-23)30-24(35)18-19-37-29-31-26(21-12-6-3-7-13-21)27(32-29)22-14-8-4-9-15-22/h3-17H,18-19H2,1-2H3,(H,30,35)(H,31,32). The number of hydrogen-bond acceptors (Lipinski definition) is 4. The van der Waals surface area contributed by atoms with Crippen molar-refractivity contribution in [2.75, 3.05) is 11.1 Å². The summed E-state index contributed by atoms with van der Waals surface area (Å²) in [6.07, 6.45) is 0.242. The fourth-order valence-electron chi connectivity index (χ4n) is 4.19. The molecule has 0 saturated carbocycles. The molecule has 37 heavy (non-hydrogen) atoms. The molecule has 0 aliphatic rings. The second-order valence-electron chi connectivity index (χ2n) is 8.58. The maximum Gasteiger partial charge on any atom is 0.295 e. The Morgan fingerprint density at radius 3 is 2.16 bits per heavy atom. The van der Waals surface area contributed by atoms with Crippen molar-refractivity contribution in [3.8, 4) is 28.2 Å². The van der Waals surface area contributed by atoms with E-state index in [0.29, 0.717) is 17.1 Å². The molecule has 1 amide bonds. The van der Waals surface area contributed by atoms with Crippen LogP contribution in [0.5, 0.6) is 0 Å². The lowest BCUT2D eigenvalue weighted by molar-refractivity contribution is -0.115. The third kappa shape index (κ3) is 5.15. The molecule has 0 fully saturated rings. The van der Waals surface area contributed by atoms with E-state index in [2.05, 4.69) is 10.3 Å². The van der Waals surface area contributed by atoms with E-state index >= 15 is 0 Å². The van der Waals surface area contributed by atoms with Crippen molar-refractivity contribution in [2.45, 2.75) is 18.5 Å². The van der Waals surface area contributed by atoms with Gasteiger partial charge in [-0.05, 0) is 19.1 Å². The maximum atomic E-state index is 13.1. The molecule has 8 heteroatoms. The maximum absolute atomic E-state index is 13.1. The van der Waals surface area contributed by atoms with Crippen molar-refractivity contribution in [2.24, 2.45) is 7.05 Å². The molecule has 0 spiro atoms. The molecule has 2 heterocycles. The van der Waals surface area contributed by atoms with Gasteiger partial charge in [0.25, 0.3) is 5.56 Å². The fraction of sp³-hybridized carbons (Fsp3) is 0.138. The number of amides is 1. The number of H-pyrrole nitrogens is 1. The Bertz CT molecular complexity index is 1510. The number of benzene rings is 3. The molecule has 5 rings (SSSR count). The minimum absolute atomic E-state index is 0.211. The quantitative estimate of drug-likeness (QED) is 0.264. The van der Waals surface area contributed by atoms with Crippen LogP contribution in [0.3, 0.4) is 0 Å². The van der Waals surface area contributed by atoms with Gasteiger partial charge in [0.1, 0.15) is 5.69 Å². The number of anilines is 1. The van der Waals surface area contributed by atoms with Crippen LogP contribution in [0.2, 0.25) is 0 Å². The Hall–Kier alpha value is -4.30. The third-order valence-corrected chi connectivity index (χ3v) is 7.05. The van der Waals surface area contributed by atoms with Gasteiger partial charge in [0.15, 0.2) is 5.16 Å². The SMILES string of the molecule is Cc1c(NC(=O)CCSc2nc(-c3ccccc3)c(-c3ccccc3)[nH]2)c(=O)n(-c2ccccc2)n1C. The van der Waals surface area contributed by atoms with Gasteiger partial charge in [0.2, 0.25) is 5.91 Å². The van der Waals surface area contributed by atoms with Gasteiger partial charge in [-0.2, -0.15) is 0 Å². The molecule has 186 valence electrons. The third-order valence-electron chi connectivity index (χ3n) is 6.18. The number of rotatable bonds is 8. The Labute approximate surface area is 219 Å². The van der Waals surface area contributed by atoms with Crippen LogP contribution < -0.4 is 10.9 Å². The molecule has 7 nitrogen and oxygen atoms in total. The van der Waals surface area contributed by atoms with Crippen molar-refractivity contribution in [3.63, 3.8) is 0 Å². The summed E-state index contributed by atoms with van der Waals surface area (Å²) in [5.74, 6) is 0.303. The fourth-order valence-corrected chi connectivity index (χ4v) is 5.00. The molecule has 0 radical (unpaired) electrons. The van der Waals surface area contributed by atoms with E-state index in [1.165, 1.54) is 11.8 Å². The smallest absolute Gasteiger partial charge is 0.295 e. The second kappa shape index (κ2) is 10.8. The number of nitrogens with zero attached hydrogens (tertiary/aromatic N) is 3. The van der Waals surface area contributed by atoms with Crippen molar-refractivity contribution in [1.29, 1.82) is 0 Å². The molecule has 0 saturated heterocycles. The predicted octanol–water partition coefficient (Wildman–Crippen LogP) is 5.66. The normalized spacial score (nSPS) is 11.0. The summed E-state index contributed by atoms with van der Waals surface area (Å²) in [4.78, 5) is 34.1. The molecule has 5 aromatic rings. The number of aromatic nitrogens is 4. The number of nitrogens with one attached hydrogen (secondary N) is 2. The zero-order valence-corrected chi connectivity index (χ0v) is 21.5. The van der Waals surface area contributed by atoms with Gasteiger partial charge in [0, 0.05) is 30.3 Å². The van der Waals surface area contributed by atoms with E-state index < -0.39 is 0 Å². The largest absolute Gasteiger partial charge is 0.332 e. The first kappa shape index (κ1) is 24.4. The van der Waals surface area contributed by atoms with Gasteiger partial charge < -0.3 is 10.3 Å². The van der Waals surface area contributed by atoms with Crippen molar-refractivity contribution < 1.29 is 4.79 Å². The predicted molar refractivity (Wildman–Crippen MR) is 149 cm³/mol. The number of carbonyl (C=O) groups is 1. The summed E-state index contributed by atoms with van der Waals surface area (Å²) in [5.41, 5.74) is 5.39. The Morgan fingerprint density at radius 1 is 0.919 bits per heavy atom.